The summed E-state index contributed by atoms with van der Waals surface area (Å²) in [7, 11) is -3.65. The van der Waals surface area contributed by atoms with Crippen molar-refractivity contribution in [1.29, 1.82) is 0 Å². The molecule has 0 aliphatic heterocycles. The molecule has 0 saturated heterocycles. The molecule has 0 atom stereocenters. The number of hydrogen-bond donors (Lipinski definition) is 2. The molecule has 0 unspecified atom stereocenters. The van der Waals surface area contributed by atoms with E-state index in [9.17, 15) is 17.6 Å². The zero-order valence-electron chi connectivity index (χ0n) is 12.5. The van der Waals surface area contributed by atoms with Gasteiger partial charge in [-0.1, -0.05) is 24.3 Å². The van der Waals surface area contributed by atoms with Gasteiger partial charge in [0, 0.05) is 20.0 Å². The number of nitrogens with one attached hydrogen (secondary N) is 2. The van der Waals surface area contributed by atoms with E-state index in [1.807, 2.05) is 0 Å². The van der Waals surface area contributed by atoms with E-state index in [0.29, 0.717) is 12.1 Å². The largest absolute Gasteiger partial charge is 0.352 e. The van der Waals surface area contributed by atoms with Gasteiger partial charge in [-0.2, -0.15) is 0 Å². The third kappa shape index (κ3) is 5.15. The Morgan fingerprint density at radius 1 is 0.957 bits per heavy atom. The van der Waals surface area contributed by atoms with E-state index < -0.39 is 10.0 Å². The van der Waals surface area contributed by atoms with Gasteiger partial charge < -0.3 is 5.32 Å². The second-order valence-corrected chi connectivity index (χ2v) is 6.77. The first-order valence-corrected chi connectivity index (χ1v) is 8.42. The predicted octanol–water partition coefficient (Wildman–Crippen LogP) is 1.94. The molecule has 0 aromatic heterocycles. The quantitative estimate of drug-likeness (QED) is 0.846. The number of carbonyl (C=O) groups is 1. The van der Waals surface area contributed by atoms with Crippen LogP contribution in [0, 0.1) is 5.82 Å². The van der Waals surface area contributed by atoms with Crippen molar-refractivity contribution in [2.45, 2.75) is 24.9 Å². The highest BCUT2D eigenvalue weighted by atomic mass is 32.2. The van der Waals surface area contributed by atoms with Crippen LogP contribution in [0.3, 0.4) is 0 Å². The molecule has 2 aromatic rings. The van der Waals surface area contributed by atoms with Crippen molar-refractivity contribution in [3.63, 3.8) is 0 Å². The van der Waals surface area contributed by atoms with Crippen molar-refractivity contribution in [3.8, 4) is 0 Å². The van der Waals surface area contributed by atoms with Gasteiger partial charge in [-0.3, -0.25) is 4.79 Å². The minimum absolute atomic E-state index is 0.0796. The highest BCUT2D eigenvalue weighted by Gasteiger charge is 2.13. The minimum atomic E-state index is -3.65. The van der Waals surface area contributed by atoms with Crippen LogP contribution in [0.25, 0.3) is 0 Å². The van der Waals surface area contributed by atoms with Crippen molar-refractivity contribution in [1.82, 2.24) is 10.0 Å². The summed E-state index contributed by atoms with van der Waals surface area (Å²) in [6, 6.07) is 11.8. The normalized spacial score (nSPS) is 11.2. The molecule has 5 nitrogen and oxygen atoms in total. The van der Waals surface area contributed by atoms with Gasteiger partial charge in [0.25, 0.3) is 0 Å². The summed E-state index contributed by atoms with van der Waals surface area (Å²) in [6.45, 7) is 1.84. The Balaban J connectivity index is 2.01. The molecule has 2 rings (SSSR count). The van der Waals surface area contributed by atoms with Crippen LogP contribution in [-0.4, -0.2) is 14.3 Å². The standard InChI is InChI=1S/C16H17FN2O3S/c1-12(20)18-10-13-4-8-16(9-5-13)23(21,22)19-11-14-2-6-15(17)7-3-14/h2-9,19H,10-11H2,1H3,(H,18,20). The maximum absolute atomic E-state index is 12.8. The maximum atomic E-state index is 12.8. The molecular weight excluding hydrogens is 319 g/mol. The second-order valence-electron chi connectivity index (χ2n) is 5.00. The van der Waals surface area contributed by atoms with Gasteiger partial charge in [0.15, 0.2) is 0 Å². The number of carbonyl (C=O) groups excluding carboxylic acids is 1. The van der Waals surface area contributed by atoms with E-state index in [4.69, 9.17) is 0 Å². The number of amides is 1. The molecule has 0 saturated carbocycles. The van der Waals surface area contributed by atoms with E-state index in [1.54, 1.807) is 12.1 Å². The molecule has 0 aliphatic carbocycles. The monoisotopic (exact) mass is 336 g/mol. The van der Waals surface area contributed by atoms with Gasteiger partial charge >= 0.3 is 0 Å². The summed E-state index contributed by atoms with van der Waals surface area (Å²) in [5.41, 5.74) is 1.47. The lowest BCUT2D eigenvalue weighted by Crippen LogP contribution is -2.23. The Morgan fingerprint density at radius 3 is 2.04 bits per heavy atom. The molecule has 1 amide bonds. The Bertz CT molecular complexity index is 772. The lowest BCUT2D eigenvalue weighted by atomic mass is 10.2. The van der Waals surface area contributed by atoms with E-state index in [2.05, 4.69) is 10.0 Å². The van der Waals surface area contributed by atoms with Crippen LogP contribution in [0.4, 0.5) is 4.39 Å². The Morgan fingerprint density at radius 2 is 1.48 bits per heavy atom. The van der Waals surface area contributed by atoms with Crippen molar-refractivity contribution in [2.75, 3.05) is 0 Å². The van der Waals surface area contributed by atoms with Crippen LogP contribution in [0.2, 0.25) is 0 Å². The molecule has 0 bridgehead atoms. The van der Waals surface area contributed by atoms with Gasteiger partial charge in [0.05, 0.1) is 4.90 Å². The topological polar surface area (TPSA) is 75.3 Å². The molecular formula is C16H17FN2O3S. The minimum Gasteiger partial charge on any atom is -0.352 e. The summed E-state index contributed by atoms with van der Waals surface area (Å²) in [5.74, 6) is -0.519. The third-order valence-corrected chi connectivity index (χ3v) is 4.57. The van der Waals surface area contributed by atoms with Gasteiger partial charge in [-0.25, -0.2) is 17.5 Å². The summed E-state index contributed by atoms with van der Waals surface area (Å²) in [5, 5.41) is 2.64. The predicted molar refractivity (Wildman–Crippen MR) is 84.4 cm³/mol. The van der Waals surface area contributed by atoms with Gasteiger partial charge in [0.2, 0.25) is 15.9 Å². The Kier molecular flexibility index (Phi) is 5.46. The van der Waals surface area contributed by atoms with Crippen LogP contribution >= 0.6 is 0 Å². The fourth-order valence-electron chi connectivity index (χ4n) is 1.88. The van der Waals surface area contributed by atoms with E-state index in [0.717, 1.165) is 5.56 Å². The number of benzene rings is 2. The molecule has 2 N–H and O–H groups in total. The Labute approximate surface area is 134 Å². The van der Waals surface area contributed by atoms with Crippen molar-refractivity contribution < 1.29 is 17.6 Å². The summed E-state index contributed by atoms with van der Waals surface area (Å²) >= 11 is 0. The van der Waals surface area contributed by atoms with Gasteiger partial charge in [0.1, 0.15) is 5.82 Å². The zero-order valence-corrected chi connectivity index (χ0v) is 13.4. The molecule has 0 aliphatic rings. The lowest BCUT2D eigenvalue weighted by molar-refractivity contribution is -0.119. The number of hydrogen-bond acceptors (Lipinski definition) is 3. The molecule has 7 heteroatoms. The van der Waals surface area contributed by atoms with Crippen molar-refractivity contribution in [3.05, 3.63) is 65.5 Å². The highest BCUT2D eigenvalue weighted by Crippen LogP contribution is 2.12. The van der Waals surface area contributed by atoms with E-state index in [-0.39, 0.29) is 23.2 Å². The molecule has 0 heterocycles. The number of halogens is 1. The molecule has 0 spiro atoms. The smallest absolute Gasteiger partial charge is 0.240 e. The molecule has 23 heavy (non-hydrogen) atoms. The number of rotatable bonds is 6. The van der Waals surface area contributed by atoms with Crippen LogP contribution < -0.4 is 10.0 Å². The summed E-state index contributed by atoms with van der Waals surface area (Å²) in [6.07, 6.45) is 0. The first kappa shape index (κ1) is 17.1. The maximum Gasteiger partial charge on any atom is 0.240 e. The average Bonchev–Trinajstić information content (AvgIpc) is 2.53. The first-order valence-electron chi connectivity index (χ1n) is 6.94. The molecule has 2 aromatic carbocycles. The average molecular weight is 336 g/mol. The van der Waals surface area contributed by atoms with Crippen LogP contribution in [0.5, 0.6) is 0 Å². The SMILES string of the molecule is CC(=O)NCc1ccc(S(=O)(=O)NCc2ccc(F)cc2)cc1. The van der Waals surface area contributed by atoms with Crippen molar-refractivity contribution in [2.24, 2.45) is 0 Å². The molecule has 0 radical (unpaired) electrons. The van der Waals surface area contributed by atoms with Gasteiger partial charge in [-0.15, -0.1) is 0 Å². The van der Waals surface area contributed by atoms with E-state index >= 15 is 0 Å². The zero-order chi connectivity index (χ0) is 16.9. The number of sulfonamides is 1. The van der Waals surface area contributed by atoms with Crippen LogP contribution in [-0.2, 0) is 27.9 Å². The second kappa shape index (κ2) is 7.34. The fourth-order valence-corrected chi connectivity index (χ4v) is 2.89. The molecule has 0 fully saturated rings. The van der Waals surface area contributed by atoms with Crippen molar-refractivity contribution >= 4 is 15.9 Å². The fraction of sp³-hybridized carbons (Fsp3) is 0.188. The Hall–Kier alpha value is -2.25. The van der Waals surface area contributed by atoms with E-state index in [1.165, 1.54) is 43.3 Å². The highest BCUT2D eigenvalue weighted by molar-refractivity contribution is 7.89. The summed E-state index contributed by atoms with van der Waals surface area (Å²) in [4.78, 5) is 11.0. The van der Waals surface area contributed by atoms with Crippen LogP contribution in [0.15, 0.2) is 53.4 Å². The first-order chi connectivity index (χ1) is 10.9. The van der Waals surface area contributed by atoms with Gasteiger partial charge in [-0.05, 0) is 35.4 Å². The summed E-state index contributed by atoms with van der Waals surface area (Å²) < 4.78 is 39.7. The third-order valence-electron chi connectivity index (χ3n) is 3.15. The molecule has 122 valence electrons. The lowest BCUT2D eigenvalue weighted by Gasteiger charge is -2.08. The van der Waals surface area contributed by atoms with Crippen LogP contribution in [0.1, 0.15) is 18.1 Å².